The van der Waals surface area contributed by atoms with Gasteiger partial charge < -0.3 is 10.3 Å². The van der Waals surface area contributed by atoms with Crippen molar-refractivity contribution in [1.29, 1.82) is 0 Å². The molecule has 0 aromatic heterocycles. The largest absolute Gasteiger partial charge is 0.466 e. The molecule has 1 aromatic carbocycles. The van der Waals surface area contributed by atoms with Crippen molar-refractivity contribution in [3.8, 4) is 0 Å². The van der Waals surface area contributed by atoms with Crippen LogP contribution in [0.3, 0.4) is 0 Å². The number of hydrogen-bond donors (Lipinski definition) is 0. The second-order valence-electron chi connectivity index (χ2n) is 3.53. The molecular formula is C14H14N2O2. The van der Waals surface area contributed by atoms with Gasteiger partial charge in [0.2, 0.25) is 0 Å². The number of allylic oxidation sites excluding steroid dienone is 1. The Morgan fingerprint density at radius 2 is 2.11 bits per heavy atom. The minimum Gasteiger partial charge on any atom is -0.466 e. The molecule has 0 radical (unpaired) electrons. The van der Waals surface area contributed by atoms with E-state index >= 15 is 0 Å². The highest BCUT2D eigenvalue weighted by Crippen LogP contribution is 2.14. The zero-order valence-electron chi connectivity index (χ0n) is 10.2. The fraction of sp³-hybridized carbons (Fsp3) is 0.143. The Morgan fingerprint density at radius 3 is 2.67 bits per heavy atom. The van der Waals surface area contributed by atoms with E-state index in [4.69, 9.17) is 10.3 Å². The van der Waals surface area contributed by atoms with E-state index in [9.17, 15) is 4.79 Å². The molecule has 0 spiro atoms. The van der Waals surface area contributed by atoms with Crippen molar-refractivity contribution < 1.29 is 14.3 Å². The second kappa shape index (κ2) is 6.99. The van der Waals surface area contributed by atoms with Crippen molar-refractivity contribution in [1.82, 2.24) is 0 Å². The first-order valence-electron chi connectivity index (χ1n) is 5.39. The average molecular weight is 242 g/mol. The molecule has 18 heavy (non-hydrogen) atoms. The molecule has 0 atom stereocenters. The minimum atomic E-state index is -0.398. The molecule has 4 heteroatoms. The second-order valence-corrected chi connectivity index (χ2v) is 3.53. The van der Waals surface area contributed by atoms with Crippen molar-refractivity contribution >= 4 is 18.3 Å². The number of rotatable bonds is 5. The van der Waals surface area contributed by atoms with Crippen LogP contribution in [0, 0.1) is 0 Å². The molecule has 0 saturated heterocycles. The van der Waals surface area contributed by atoms with Crippen LogP contribution < -0.4 is 0 Å². The number of carbonyl (C=O) groups excluding carboxylic acids is 1. The number of esters is 1. The van der Waals surface area contributed by atoms with E-state index in [0.717, 1.165) is 5.56 Å². The Balaban J connectivity index is 3.22. The fourth-order valence-electron chi connectivity index (χ4n) is 1.50. The third-order valence-electron chi connectivity index (χ3n) is 2.33. The Labute approximate surface area is 106 Å². The SMILES string of the molecule is C=CC/C(=C\c1ccccc1C=[N+]=[N-])C(=O)OC. The van der Waals surface area contributed by atoms with E-state index in [0.29, 0.717) is 17.6 Å². The lowest BCUT2D eigenvalue weighted by molar-refractivity contribution is -0.136. The lowest BCUT2D eigenvalue weighted by atomic mass is 10.0. The smallest absolute Gasteiger partial charge is 0.334 e. The lowest BCUT2D eigenvalue weighted by Gasteiger charge is -2.03. The lowest BCUT2D eigenvalue weighted by Crippen LogP contribution is -2.04. The molecule has 4 nitrogen and oxygen atoms in total. The summed E-state index contributed by atoms with van der Waals surface area (Å²) in [6.45, 7) is 3.60. The predicted molar refractivity (Wildman–Crippen MR) is 70.0 cm³/mol. The summed E-state index contributed by atoms with van der Waals surface area (Å²) in [6, 6.07) is 7.26. The highest BCUT2D eigenvalue weighted by atomic mass is 16.5. The zero-order chi connectivity index (χ0) is 13.4. The van der Waals surface area contributed by atoms with Crippen LogP contribution in [0.2, 0.25) is 0 Å². The molecule has 0 bridgehead atoms. The molecule has 1 rings (SSSR count). The number of benzene rings is 1. The Hall–Kier alpha value is -2.45. The molecule has 0 amide bonds. The molecule has 0 aliphatic carbocycles. The third-order valence-corrected chi connectivity index (χ3v) is 2.33. The van der Waals surface area contributed by atoms with Gasteiger partial charge in [0.15, 0.2) is 0 Å². The summed E-state index contributed by atoms with van der Waals surface area (Å²) >= 11 is 0. The van der Waals surface area contributed by atoms with Crippen LogP contribution in [0.4, 0.5) is 0 Å². The molecule has 0 saturated carbocycles. The maximum atomic E-state index is 11.6. The Bertz CT molecular complexity index is 526. The van der Waals surface area contributed by atoms with Gasteiger partial charge in [-0.25, -0.2) is 4.79 Å². The van der Waals surface area contributed by atoms with Crippen molar-refractivity contribution in [2.24, 2.45) is 0 Å². The molecule has 1 aromatic rings. The summed E-state index contributed by atoms with van der Waals surface area (Å²) in [6.07, 6.45) is 5.06. The Morgan fingerprint density at radius 1 is 1.44 bits per heavy atom. The van der Waals surface area contributed by atoms with Gasteiger partial charge in [-0.3, -0.25) is 0 Å². The van der Waals surface area contributed by atoms with E-state index < -0.39 is 5.97 Å². The van der Waals surface area contributed by atoms with Crippen molar-refractivity contribution in [3.63, 3.8) is 0 Å². The van der Waals surface area contributed by atoms with Crippen LogP contribution in [0.15, 0.2) is 42.5 Å². The van der Waals surface area contributed by atoms with Crippen LogP contribution >= 0.6 is 0 Å². The van der Waals surface area contributed by atoms with Crippen LogP contribution in [-0.4, -0.2) is 24.1 Å². The maximum Gasteiger partial charge on any atom is 0.334 e. The van der Waals surface area contributed by atoms with Gasteiger partial charge in [-0.1, -0.05) is 24.3 Å². The molecule has 0 heterocycles. The first-order valence-corrected chi connectivity index (χ1v) is 5.39. The zero-order valence-corrected chi connectivity index (χ0v) is 10.2. The van der Waals surface area contributed by atoms with E-state index in [-0.39, 0.29) is 0 Å². The van der Waals surface area contributed by atoms with E-state index in [1.807, 2.05) is 18.2 Å². The van der Waals surface area contributed by atoms with Crippen LogP contribution in [0.5, 0.6) is 0 Å². The minimum absolute atomic E-state index is 0.398. The molecular weight excluding hydrogens is 228 g/mol. The van der Waals surface area contributed by atoms with Gasteiger partial charge in [-0.15, -0.1) is 6.58 Å². The number of methoxy groups -OCH3 is 1. The summed E-state index contributed by atoms with van der Waals surface area (Å²) in [4.78, 5) is 14.5. The monoisotopic (exact) mass is 242 g/mol. The highest BCUT2D eigenvalue weighted by Gasteiger charge is 2.09. The van der Waals surface area contributed by atoms with Gasteiger partial charge >= 0.3 is 5.97 Å². The molecule has 92 valence electrons. The summed E-state index contributed by atoms with van der Waals surface area (Å²) in [5.74, 6) is -0.398. The van der Waals surface area contributed by atoms with Gasteiger partial charge in [-0.05, 0) is 24.1 Å². The third kappa shape index (κ3) is 3.54. The standard InChI is InChI=1S/C14H14N2O2/c1-3-6-12(14(17)18-2)9-11-7-4-5-8-13(11)10-16-15/h3-5,7-10H,1,6H2,2H3/b12-9+. The first kappa shape index (κ1) is 13.6. The number of hydrogen-bond acceptors (Lipinski definition) is 2. The van der Waals surface area contributed by atoms with Gasteiger partial charge in [-0.2, -0.15) is 4.79 Å². The van der Waals surface area contributed by atoms with Gasteiger partial charge in [0.1, 0.15) is 0 Å². The highest BCUT2D eigenvalue weighted by molar-refractivity contribution is 5.95. The number of ether oxygens (including phenoxy) is 1. The molecule has 0 unspecified atom stereocenters. The molecule has 0 aliphatic heterocycles. The predicted octanol–water partition coefficient (Wildman–Crippen LogP) is 2.47. The Kier molecular flexibility index (Phi) is 5.29. The van der Waals surface area contributed by atoms with E-state index in [2.05, 4.69) is 11.4 Å². The van der Waals surface area contributed by atoms with Crippen LogP contribution in [-0.2, 0) is 9.53 Å². The topological polar surface area (TPSA) is 62.7 Å². The van der Waals surface area contributed by atoms with Crippen molar-refractivity contribution in [2.45, 2.75) is 6.42 Å². The van der Waals surface area contributed by atoms with Gasteiger partial charge in [0.05, 0.1) is 12.7 Å². The maximum absolute atomic E-state index is 11.6. The normalized spacial score (nSPS) is 10.4. The van der Waals surface area contributed by atoms with Crippen LogP contribution in [0.1, 0.15) is 17.5 Å². The summed E-state index contributed by atoms with van der Waals surface area (Å²) in [5.41, 5.74) is 10.6. The molecule has 0 aliphatic rings. The average Bonchev–Trinajstić information content (AvgIpc) is 2.39. The first-order chi connectivity index (χ1) is 8.72. The number of nitrogens with zero attached hydrogens (tertiary/aromatic N) is 2. The quantitative estimate of drug-likeness (QED) is 0.199. The fourth-order valence-corrected chi connectivity index (χ4v) is 1.50. The van der Waals surface area contributed by atoms with Crippen LogP contribution in [0.25, 0.3) is 11.6 Å². The number of carbonyl (C=O) groups is 1. The van der Waals surface area contributed by atoms with E-state index in [1.165, 1.54) is 13.3 Å². The molecule has 0 fully saturated rings. The van der Waals surface area contributed by atoms with Gasteiger partial charge in [0.25, 0.3) is 6.21 Å². The van der Waals surface area contributed by atoms with Gasteiger partial charge in [0, 0.05) is 5.57 Å². The summed E-state index contributed by atoms with van der Waals surface area (Å²) in [7, 11) is 1.33. The van der Waals surface area contributed by atoms with E-state index in [1.54, 1.807) is 18.2 Å². The van der Waals surface area contributed by atoms with Crippen molar-refractivity contribution in [3.05, 3.63) is 59.2 Å². The van der Waals surface area contributed by atoms with Crippen molar-refractivity contribution in [2.75, 3.05) is 7.11 Å². The summed E-state index contributed by atoms with van der Waals surface area (Å²) in [5, 5.41) is 0. The molecule has 0 N–H and O–H groups in total. The summed E-state index contributed by atoms with van der Waals surface area (Å²) < 4.78 is 4.70.